The van der Waals surface area contributed by atoms with E-state index in [4.69, 9.17) is 33.4 Å². The number of hydrogen-bond donors (Lipinski definition) is 7. The minimum Gasteiger partial charge on any atom is -0.496 e. The van der Waals surface area contributed by atoms with Crippen LogP contribution >= 0.6 is 0 Å². The van der Waals surface area contributed by atoms with Gasteiger partial charge < -0.3 is 44.0 Å². The molecule has 2 aromatic rings. The van der Waals surface area contributed by atoms with Gasteiger partial charge in [0.25, 0.3) is 0 Å². The van der Waals surface area contributed by atoms with Gasteiger partial charge in [0.15, 0.2) is 11.9 Å². The molecule has 35 heavy (non-hydrogen) atoms. The molecule has 0 aliphatic heterocycles. The van der Waals surface area contributed by atoms with Gasteiger partial charge >= 0.3 is 0 Å². The highest BCUT2D eigenvalue weighted by atomic mass is 16.5. The molecule has 0 heterocycles. The summed E-state index contributed by atoms with van der Waals surface area (Å²) >= 11 is 0. The Morgan fingerprint density at radius 1 is 0.943 bits per heavy atom. The van der Waals surface area contributed by atoms with Crippen LogP contribution in [-0.4, -0.2) is 56.0 Å². The van der Waals surface area contributed by atoms with Crippen molar-refractivity contribution in [3.05, 3.63) is 36.4 Å². The molecular formula is C23H35N9O3. The van der Waals surface area contributed by atoms with Crippen molar-refractivity contribution in [3.63, 3.8) is 0 Å². The van der Waals surface area contributed by atoms with Crippen molar-refractivity contribution in [3.8, 4) is 5.75 Å². The Bertz CT molecular complexity index is 1060. The van der Waals surface area contributed by atoms with E-state index < -0.39 is 23.9 Å². The number of nitrogens with one attached hydrogen (secondary N) is 2. The second-order valence-corrected chi connectivity index (χ2v) is 7.95. The number of aliphatic imine (C=N–C) groups is 2. The van der Waals surface area contributed by atoms with Crippen LogP contribution in [0.3, 0.4) is 0 Å². The molecule has 2 atom stereocenters. The maximum Gasteiger partial charge on any atom is 0.246 e. The molecule has 2 unspecified atom stereocenters. The van der Waals surface area contributed by atoms with Gasteiger partial charge in [-0.15, -0.1) is 0 Å². The Hall–Kier alpha value is -4.06. The molecule has 12 nitrogen and oxygen atoms in total. The number of rotatable bonds is 13. The van der Waals surface area contributed by atoms with Crippen molar-refractivity contribution >= 4 is 40.2 Å². The number of methoxy groups -OCH3 is 1. The maximum atomic E-state index is 13.1. The first-order valence-corrected chi connectivity index (χ1v) is 11.3. The van der Waals surface area contributed by atoms with Crippen LogP contribution in [0.15, 0.2) is 46.4 Å². The molecule has 12 heteroatoms. The van der Waals surface area contributed by atoms with Crippen LogP contribution in [0.25, 0.3) is 10.8 Å². The number of ether oxygens (including phenoxy) is 1. The van der Waals surface area contributed by atoms with Gasteiger partial charge in [-0.1, -0.05) is 24.3 Å². The minimum atomic E-state index is -0.849. The third-order valence-corrected chi connectivity index (χ3v) is 5.19. The fraction of sp³-hybridized carbons (Fsp3) is 0.391. The second-order valence-electron chi connectivity index (χ2n) is 7.95. The molecule has 0 bridgehead atoms. The molecular weight excluding hydrogens is 450 g/mol. The molecule has 0 fully saturated rings. The number of nitrogens with zero attached hydrogens (tertiary/aromatic N) is 2. The number of carbonyl (C=O) groups is 2. The van der Waals surface area contributed by atoms with Gasteiger partial charge in [0.2, 0.25) is 11.8 Å². The van der Waals surface area contributed by atoms with E-state index >= 15 is 0 Å². The molecule has 2 aromatic carbocycles. The molecule has 2 amide bonds. The van der Waals surface area contributed by atoms with Gasteiger partial charge in [-0.05, 0) is 37.1 Å². The fourth-order valence-corrected chi connectivity index (χ4v) is 3.45. The summed E-state index contributed by atoms with van der Waals surface area (Å²) < 4.78 is 5.47. The maximum absolute atomic E-state index is 13.1. The van der Waals surface area contributed by atoms with Crippen LogP contribution in [-0.2, 0) is 9.59 Å². The van der Waals surface area contributed by atoms with Crippen molar-refractivity contribution in [1.82, 2.24) is 5.32 Å². The number of guanidine groups is 2. The zero-order chi connectivity index (χ0) is 25.8. The summed E-state index contributed by atoms with van der Waals surface area (Å²) in [4.78, 5) is 33.6. The Balaban J connectivity index is 2.11. The van der Waals surface area contributed by atoms with Crippen molar-refractivity contribution in [2.45, 2.75) is 37.8 Å². The summed E-state index contributed by atoms with van der Waals surface area (Å²) in [6.45, 7) is 0.673. The second kappa shape index (κ2) is 13.6. The largest absolute Gasteiger partial charge is 0.496 e. The topological polar surface area (TPSA) is 222 Å². The van der Waals surface area contributed by atoms with Crippen LogP contribution in [0.5, 0.6) is 5.75 Å². The van der Waals surface area contributed by atoms with Gasteiger partial charge in [0.1, 0.15) is 11.8 Å². The molecule has 0 spiro atoms. The van der Waals surface area contributed by atoms with E-state index in [1.165, 1.54) is 0 Å². The SMILES string of the molecule is COc1cc(NC(=O)C(CCCN=C(N)N)NC(=O)C(N)CCCN=C(N)N)cc2ccccc12. The Morgan fingerprint density at radius 3 is 2.20 bits per heavy atom. The Labute approximate surface area is 204 Å². The summed E-state index contributed by atoms with van der Waals surface area (Å²) in [5, 5.41) is 7.42. The minimum absolute atomic E-state index is 0.0224. The first-order valence-electron chi connectivity index (χ1n) is 11.3. The van der Waals surface area contributed by atoms with E-state index in [-0.39, 0.29) is 11.9 Å². The first-order chi connectivity index (χ1) is 16.7. The van der Waals surface area contributed by atoms with Gasteiger partial charge in [0.05, 0.1) is 13.2 Å². The van der Waals surface area contributed by atoms with E-state index in [0.29, 0.717) is 50.2 Å². The number of hydrogen-bond acceptors (Lipinski definition) is 6. The monoisotopic (exact) mass is 485 g/mol. The lowest BCUT2D eigenvalue weighted by atomic mass is 10.1. The molecule has 0 saturated carbocycles. The zero-order valence-corrected chi connectivity index (χ0v) is 19.9. The number of amides is 2. The third kappa shape index (κ3) is 9.01. The summed E-state index contributed by atoms with van der Waals surface area (Å²) in [7, 11) is 1.56. The fourth-order valence-electron chi connectivity index (χ4n) is 3.45. The number of benzene rings is 2. The van der Waals surface area contributed by atoms with Gasteiger partial charge in [0, 0.05) is 30.2 Å². The lowest BCUT2D eigenvalue weighted by molar-refractivity contribution is -0.127. The molecule has 0 aliphatic carbocycles. The molecule has 190 valence electrons. The van der Waals surface area contributed by atoms with Crippen LogP contribution in [0, 0.1) is 0 Å². The third-order valence-electron chi connectivity index (χ3n) is 5.19. The summed E-state index contributed by atoms with van der Waals surface area (Å²) in [5.74, 6) is -0.289. The quantitative estimate of drug-likeness (QED) is 0.113. The smallest absolute Gasteiger partial charge is 0.246 e. The first kappa shape index (κ1) is 27.2. The van der Waals surface area contributed by atoms with Crippen molar-refractivity contribution in [2.75, 3.05) is 25.5 Å². The highest BCUT2D eigenvalue weighted by Gasteiger charge is 2.24. The number of carbonyl (C=O) groups excluding carboxylic acids is 2. The summed E-state index contributed by atoms with van der Waals surface area (Å²) in [6, 6.07) is 9.55. The van der Waals surface area contributed by atoms with Crippen molar-refractivity contribution < 1.29 is 14.3 Å². The van der Waals surface area contributed by atoms with Gasteiger partial charge in [-0.25, -0.2) is 0 Å². The van der Waals surface area contributed by atoms with E-state index in [2.05, 4.69) is 20.6 Å². The van der Waals surface area contributed by atoms with Crippen molar-refractivity contribution in [2.24, 2.45) is 38.7 Å². The number of fused-ring (bicyclic) bond motifs is 1. The van der Waals surface area contributed by atoms with E-state index in [9.17, 15) is 9.59 Å². The van der Waals surface area contributed by atoms with E-state index in [0.717, 1.165) is 10.8 Å². The van der Waals surface area contributed by atoms with Crippen LogP contribution < -0.4 is 44.0 Å². The van der Waals surface area contributed by atoms with Crippen LogP contribution in [0.4, 0.5) is 5.69 Å². The van der Waals surface area contributed by atoms with Gasteiger partial charge in [-0.2, -0.15) is 0 Å². The summed E-state index contributed by atoms with van der Waals surface area (Å²) in [6.07, 6.45) is 1.65. The highest BCUT2D eigenvalue weighted by Crippen LogP contribution is 2.29. The predicted octanol–water partition coefficient (Wildman–Crippen LogP) is -0.294. The molecule has 0 saturated heterocycles. The average Bonchev–Trinajstić information content (AvgIpc) is 2.82. The number of nitrogens with two attached hydrogens (primary N) is 5. The standard InChI is InChI=1S/C23H35N9O3/c1-35-19-13-15(12-14-6-2-3-7-16(14)19)31-21(34)18(9-5-11-30-23(27)28)32-20(33)17(24)8-4-10-29-22(25)26/h2-3,6-7,12-13,17-18H,4-5,8-11,24H2,1H3,(H,31,34)(H,32,33)(H4,25,26,29)(H4,27,28,30). The predicted molar refractivity (Wildman–Crippen MR) is 139 cm³/mol. The molecule has 0 aromatic heterocycles. The van der Waals surface area contributed by atoms with Crippen LogP contribution in [0.2, 0.25) is 0 Å². The van der Waals surface area contributed by atoms with Crippen molar-refractivity contribution in [1.29, 1.82) is 0 Å². The molecule has 0 radical (unpaired) electrons. The molecule has 12 N–H and O–H groups in total. The number of anilines is 1. The zero-order valence-electron chi connectivity index (χ0n) is 19.9. The highest BCUT2D eigenvalue weighted by molar-refractivity contribution is 6.00. The normalized spacial score (nSPS) is 12.3. The molecule has 0 aliphatic rings. The lowest BCUT2D eigenvalue weighted by Crippen LogP contribution is -2.50. The Morgan fingerprint density at radius 2 is 1.57 bits per heavy atom. The Kier molecular flexibility index (Phi) is 10.6. The average molecular weight is 486 g/mol. The lowest BCUT2D eigenvalue weighted by Gasteiger charge is -2.21. The molecule has 2 rings (SSSR count). The van der Waals surface area contributed by atoms with Gasteiger partial charge in [-0.3, -0.25) is 19.6 Å². The summed E-state index contributed by atoms with van der Waals surface area (Å²) in [5.41, 5.74) is 27.9. The van der Waals surface area contributed by atoms with E-state index in [1.807, 2.05) is 30.3 Å². The van der Waals surface area contributed by atoms with Crippen LogP contribution in [0.1, 0.15) is 25.7 Å². The van der Waals surface area contributed by atoms with E-state index in [1.54, 1.807) is 13.2 Å².